The van der Waals surface area contributed by atoms with Crippen molar-refractivity contribution in [2.45, 2.75) is 31.5 Å². The summed E-state index contributed by atoms with van der Waals surface area (Å²) in [4.78, 5) is 21.3. The number of piperidine rings is 1. The molecule has 3 atom stereocenters. The van der Waals surface area contributed by atoms with Gasteiger partial charge in [0.05, 0.1) is 31.3 Å². The molecule has 1 aromatic heterocycles. The maximum Gasteiger partial charge on any atom is 0.228 e. The number of ether oxygens (including phenoxy) is 2. The monoisotopic (exact) mass is 331 g/mol. The van der Waals surface area contributed by atoms with Crippen LogP contribution in [0.4, 0.5) is 0 Å². The van der Waals surface area contributed by atoms with E-state index in [9.17, 15) is 4.79 Å². The highest BCUT2D eigenvalue weighted by Gasteiger charge is 2.40. The van der Waals surface area contributed by atoms with Gasteiger partial charge in [-0.25, -0.2) is 0 Å². The number of hydrogen-bond acceptors (Lipinski definition) is 5. The first-order valence-corrected chi connectivity index (χ1v) is 8.92. The second-order valence-corrected chi connectivity index (χ2v) is 6.94. The van der Waals surface area contributed by atoms with E-state index in [-0.39, 0.29) is 24.0 Å². The highest BCUT2D eigenvalue weighted by atomic mass is 16.5. The number of carbonyl (C=O) groups excluding carboxylic acids is 1. The number of aromatic nitrogens is 1. The lowest BCUT2D eigenvalue weighted by Gasteiger charge is -2.47. The molecule has 130 valence electrons. The van der Waals surface area contributed by atoms with Crippen LogP contribution in [0.2, 0.25) is 0 Å². The number of fused-ring (bicyclic) bond motifs is 1. The highest BCUT2D eigenvalue weighted by molar-refractivity contribution is 5.79. The number of hydrogen-bond donors (Lipinski definition) is 0. The first-order valence-electron chi connectivity index (χ1n) is 8.92. The average Bonchev–Trinajstić information content (AvgIpc) is 3.17. The normalized spacial score (nSPS) is 31.0. The van der Waals surface area contributed by atoms with Gasteiger partial charge in [-0.3, -0.25) is 14.7 Å². The molecule has 0 radical (unpaired) electrons. The number of rotatable bonds is 3. The van der Waals surface area contributed by atoms with E-state index >= 15 is 0 Å². The molecule has 0 spiro atoms. The maximum absolute atomic E-state index is 12.7. The summed E-state index contributed by atoms with van der Waals surface area (Å²) in [7, 11) is 0. The van der Waals surface area contributed by atoms with E-state index in [1.165, 1.54) is 5.56 Å². The van der Waals surface area contributed by atoms with Crippen molar-refractivity contribution in [2.24, 2.45) is 5.92 Å². The molecule has 0 saturated carbocycles. The van der Waals surface area contributed by atoms with Crippen LogP contribution in [0.1, 0.15) is 18.4 Å². The second-order valence-electron chi connectivity index (χ2n) is 6.94. The Bertz CT molecular complexity index is 562. The Kier molecular flexibility index (Phi) is 4.78. The van der Waals surface area contributed by atoms with Crippen molar-refractivity contribution >= 4 is 5.91 Å². The van der Waals surface area contributed by atoms with Crippen LogP contribution in [0.15, 0.2) is 24.5 Å². The summed E-state index contributed by atoms with van der Waals surface area (Å²) in [5.41, 5.74) is 1.26. The van der Waals surface area contributed by atoms with Crippen LogP contribution >= 0.6 is 0 Å². The fraction of sp³-hybridized carbons (Fsp3) is 0.667. The maximum atomic E-state index is 12.7. The zero-order chi connectivity index (χ0) is 16.4. The van der Waals surface area contributed by atoms with Gasteiger partial charge >= 0.3 is 0 Å². The fourth-order valence-electron chi connectivity index (χ4n) is 4.05. The van der Waals surface area contributed by atoms with Gasteiger partial charge in [-0.2, -0.15) is 0 Å². The van der Waals surface area contributed by atoms with Gasteiger partial charge < -0.3 is 14.4 Å². The number of likely N-dealkylation sites (tertiary alicyclic amines) is 1. The number of amides is 1. The third kappa shape index (κ3) is 3.31. The molecule has 4 rings (SSSR count). The largest absolute Gasteiger partial charge is 0.381 e. The fourth-order valence-corrected chi connectivity index (χ4v) is 4.05. The Morgan fingerprint density at radius 2 is 2.08 bits per heavy atom. The molecule has 3 saturated heterocycles. The smallest absolute Gasteiger partial charge is 0.228 e. The molecular formula is C18H25N3O3. The number of pyridine rings is 1. The molecule has 0 N–H and O–H groups in total. The summed E-state index contributed by atoms with van der Waals surface area (Å²) in [5, 5.41) is 0. The molecule has 1 aromatic rings. The van der Waals surface area contributed by atoms with Crippen molar-refractivity contribution in [1.29, 1.82) is 0 Å². The minimum absolute atomic E-state index is 0.0553. The van der Waals surface area contributed by atoms with E-state index in [0.29, 0.717) is 13.2 Å². The van der Waals surface area contributed by atoms with Gasteiger partial charge in [-0.05, 0) is 30.5 Å². The van der Waals surface area contributed by atoms with E-state index < -0.39 is 0 Å². The lowest BCUT2D eigenvalue weighted by Crippen LogP contribution is -2.61. The van der Waals surface area contributed by atoms with Crippen LogP contribution in [-0.2, 0) is 20.8 Å². The zero-order valence-corrected chi connectivity index (χ0v) is 14.0. The van der Waals surface area contributed by atoms with Crippen LogP contribution in [0.3, 0.4) is 0 Å². The van der Waals surface area contributed by atoms with Crippen LogP contribution in [-0.4, -0.2) is 72.3 Å². The molecule has 24 heavy (non-hydrogen) atoms. The Morgan fingerprint density at radius 1 is 1.21 bits per heavy atom. The van der Waals surface area contributed by atoms with E-state index in [0.717, 1.165) is 45.6 Å². The summed E-state index contributed by atoms with van der Waals surface area (Å²) in [6.45, 7) is 5.45. The molecule has 0 bridgehead atoms. The van der Waals surface area contributed by atoms with Gasteiger partial charge in [0.2, 0.25) is 5.91 Å². The van der Waals surface area contributed by atoms with Gasteiger partial charge in [0.1, 0.15) is 0 Å². The number of carbonyl (C=O) groups is 1. The molecular weight excluding hydrogens is 306 g/mol. The molecule has 1 amide bonds. The SMILES string of the molecule is O=C(C1CCOC1)N1CC[C@@H]2OCCN(Cc3ccncc3)[C@H]2C1. The van der Waals surface area contributed by atoms with Crippen molar-refractivity contribution in [2.75, 3.05) is 39.5 Å². The lowest BCUT2D eigenvalue weighted by molar-refractivity contribution is -0.147. The molecule has 3 fully saturated rings. The van der Waals surface area contributed by atoms with Gasteiger partial charge in [0, 0.05) is 45.2 Å². The van der Waals surface area contributed by atoms with Crippen LogP contribution in [0.5, 0.6) is 0 Å². The van der Waals surface area contributed by atoms with Crippen molar-refractivity contribution in [1.82, 2.24) is 14.8 Å². The van der Waals surface area contributed by atoms with Crippen LogP contribution in [0, 0.1) is 5.92 Å². The van der Waals surface area contributed by atoms with Crippen LogP contribution in [0.25, 0.3) is 0 Å². The van der Waals surface area contributed by atoms with Gasteiger partial charge in [0.15, 0.2) is 0 Å². The average molecular weight is 331 g/mol. The predicted octanol–water partition coefficient (Wildman–Crippen LogP) is 0.920. The van der Waals surface area contributed by atoms with E-state index in [2.05, 4.69) is 22.0 Å². The lowest BCUT2D eigenvalue weighted by atomic mass is 9.96. The zero-order valence-electron chi connectivity index (χ0n) is 14.0. The van der Waals surface area contributed by atoms with E-state index in [1.54, 1.807) is 0 Å². The Morgan fingerprint density at radius 3 is 2.88 bits per heavy atom. The number of nitrogens with zero attached hydrogens (tertiary/aromatic N) is 3. The molecule has 3 aliphatic rings. The van der Waals surface area contributed by atoms with Crippen molar-refractivity contribution in [3.8, 4) is 0 Å². The van der Waals surface area contributed by atoms with E-state index in [4.69, 9.17) is 9.47 Å². The highest BCUT2D eigenvalue weighted by Crippen LogP contribution is 2.26. The predicted molar refractivity (Wildman–Crippen MR) is 88.3 cm³/mol. The second kappa shape index (κ2) is 7.17. The summed E-state index contributed by atoms with van der Waals surface area (Å²) in [5.74, 6) is 0.320. The summed E-state index contributed by atoms with van der Waals surface area (Å²) in [6.07, 6.45) is 5.70. The third-order valence-electron chi connectivity index (χ3n) is 5.43. The van der Waals surface area contributed by atoms with Gasteiger partial charge in [0.25, 0.3) is 0 Å². The number of morpholine rings is 1. The van der Waals surface area contributed by atoms with Crippen molar-refractivity contribution in [3.05, 3.63) is 30.1 Å². The summed E-state index contributed by atoms with van der Waals surface area (Å²) >= 11 is 0. The summed E-state index contributed by atoms with van der Waals surface area (Å²) in [6, 6.07) is 4.41. The van der Waals surface area contributed by atoms with Gasteiger partial charge in [-0.15, -0.1) is 0 Å². The Balaban J connectivity index is 1.44. The molecule has 4 heterocycles. The van der Waals surface area contributed by atoms with Gasteiger partial charge in [-0.1, -0.05) is 0 Å². The minimum Gasteiger partial charge on any atom is -0.381 e. The molecule has 6 heteroatoms. The summed E-state index contributed by atoms with van der Waals surface area (Å²) < 4.78 is 11.4. The van der Waals surface area contributed by atoms with Crippen LogP contribution < -0.4 is 0 Å². The Labute approximate surface area is 142 Å². The van der Waals surface area contributed by atoms with Crippen molar-refractivity contribution in [3.63, 3.8) is 0 Å². The molecule has 6 nitrogen and oxygen atoms in total. The third-order valence-corrected chi connectivity index (χ3v) is 5.43. The first-order chi connectivity index (χ1) is 11.8. The quantitative estimate of drug-likeness (QED) is 0.824. The Hall–Kier alpha value is -1.50. The minimum atomic E-state index is 0.0553. The molecule has 0 aromatic carbocycles. The topological polar surface area (TPSA) is 54.9 Å². The van der Waals surface area contributed by atoms with E-state index in [1.807, 2.05) is 17.3 Å². The molecule has 0 aliphatic carbocycles. The van der Waals surface area contributed by atoms with Crippen molar-refractivity contribution < 1.29 is 14.3 Å². The molecule has 1 unspecified atom stereocenters. The molecule has 3 aliphatic heterocycles. The standard InChI is InChI=1S/C18H25N3O3/c22-18(15-4-9-23-13-15)21-7-3-17-16(12-21)20(8-10-24-17)11-14-1-5-19-6-2-14/h1-2,5-6,15-17H,3-4,7-13H2/t15?,16-,17-/m0/s1. The first kappa shape index (κ1) is 16.0.